The van der Waals surface area contributed by atoms with Crippen molar-refractivity contribution in [2.45, 2.75) is 19.5 Å². The molecule has 0 aromatic heterocycles. The van der Waals surface area contributed by atoms with E-state index in [1.54, 1.807) is 6.92 Å². The van der Waals surface area contributed by atoms with Crippen LogP contribution in [0.2, 0.25) is 5.02 Å². The highest BCUT2D eigenvalue weighted by molar-refractivity contribution is 6.32. The fraction of sp³-hybridized carbons (Fsp3) is 0.188. The van der Waals surface area contributed by atoms with Gasteiger partial charge in [0.25, 0.3) is 5.69 Å². The highest BCUT2D eigenvalue weighted by Crippen LogP contribution is 2.37. The zero-order valence-electron chi connectivity index (χ0n) is 13.3. The molecule has 26 heavy (non-hydrogen) atoms. The minimum atomic E-state index is -4.55. The lowest BCUT2D eigenvalue weighted by atomic mass is 10.2. The van der Waals surface area contributed by atoms with Crippen molar-refractivity contribution >= 4 is 28.9 Å². The molecule has 2 aromatic rings. The summed E-state index contributed by atoms with van der Waals surface area (Å²) < 4.78 is 43.3. The van der Waals surface area contributed by atoms with Crippen molar-refractivity contribution in [2.75, 3.05) is 5.32 Å². The highest BCUT2D eigenvalue weighted by Gasteiger charge is 2.31. The van der Waals surface area contributed by atoms with Gasteiger partial charge in [-0.1, -0.05) is 18.5 Å². The molecular weight excluding hydrogens is 377 g/mol. The number of nitrogens with zero attached hydrogens (tertiary/aromatic N) is 1. The van der Waals surface area contributed by atoms with Crippen LogP contribution >= 0.6 is 11.6 Å². The molecule has 0 bridgehead atoms. The Morgan fingerprint density at radius 2 is 1.96 bits per heavy atom. The van der Waals surface area contributed by atoms with Gasteiger partial charge in [0.05, 0.1) is 15.5 Å². The summed E-state index contributed by atoms with van der Waals surface area (Å²) in [5.41, 5.74) is -1.38. The summed E-state index contributed by atoms with van der Waals surface area (Å²) in [6, 6.07) is 6.09. The first-order valence-corrected chi connectivity index (χ1v) is 7.62. The molecule has 10 heteroatoms. The van der Waals surface area contributed by atoms with Gasteiger partial charge in [-0.05, 0) is 24.3 Å². The van der Waals surface area contributed by atoms with Crippen LogP contribution in [0, 0.1) is 10.1 Å². The van der Waals surface area contributed by atoms with E-state index in [9.17, 15) is 28.1 Å². The van der Waals surface area contributed by atoms with Crippen LogP contribution in [0.1, 0.15) is 18.9 Å². The number of rotatable bonds is 5. The number of hydrogen-bond donors (Lipinski definition) is 1. The number of ether oxygens (including phenoxy) is 1. The third-order valence-corrected chi connectivity index (χ3v) is 3.54. The number of nitrogens with one attached hydrogen (secondary N) is 1. The van der Waals surface area contributed by atoms with E-state index in [2.05, 4.69) is 5.32 Å². The number of nitro groups is 1. The SMILES string of the molecule is CCC(=O)Nc1cc(Oc2ccc(C(F)(F)F)cc2Cl)ccc1[N+](=O)[O-]. The molecule has 0 aliphatic heterocycles. The zero-order valence-corrected chi connectivity index (χ0v) is 14.0. The van der Waals surface area contributed by atoms with E-state index in [1.165, 1.54) is 12.1 Å². The molecule has 6 nitrogen and oxygen atoms in total. The summed E-state index contributed by atoms with van der Waals surface area (Å²) in [7, 11) is 0. The van der Waals surface area contributed by atoms with Crippen LogP contribution < -0.4 is 10.1 Å². The fourth-order valence-corrected chi connectivity index (χ4v) is 2.18. The molecule has 0 radical (unpaired) electrons. The third kappa shape index (κ3) is 4.63. The molecule has 0 spiro atoms. The molecule has 0 aliphatic rings. The van der Waals surface area contributed by atoms with Crippen molar-refractivity contribution in [3.05, 3.63) is 57.1 Å². The molecule has 1 N–H and O–H groups in total. The first kappa shape index (κ1) is 19.5. The zero-order chi connectivity index (χ0) is 19.5. The first-order valence-electron chi connectivity index (χ1n) is 7.24. The van der Waals surface area contributed by atoms with E-state index in [0.29, 0.717) is 6.07 Å². The van der Waals surface area contributed by atoms with Crippen molar-refractivity contribution in [3.8, 4) is 11.5 Å². The molecule has 1 amide bonds. The Morgan fingerprint density at radius 1 is 1.27 bits per heavy atom. The third-order valence-electron chi connectivity index (χ3n) is 3.25. The van der Waals surface area contributed by atoms with E-state index in [-0.39, 0.29) is 34.3 Å². The summed E-state index contributed by atoms with van der Waals surface area (Å²) in [6.45, 7) is 1.57. The van der Waals surface area contributed by atoms with Gasteiger partial charge >= 0.3 is 6.18 Å². The van der Waals surface area contributed by atoms with E-state index in [4.69, 9.17) is 16.3 Å². The Morgan fingerprint density at radius 3 is 2.50 bits per heavy atom. The smallest absolute Gasteiger partial charge is 0.416 e. The largest absolute Gasteiger partial charge is 0.456 e. The number of carbonyl (C=O) groups excluding carboxylic acids is 1. The van der Waals surface area contributed by atoms with Crippen molar-refractivity contribution < 1.29 is 27.6 Å². The van der Waals surface area contributed by atoms with Crippen LogP contribution in [-0.2, 0) is 11.0 Å². The standard InChI is InChI=1S/C16H12ClF3N2O4/c1-2-15(23)21-12-8-10(4-5-13(12)22(24)25)26-14-6-3-9(7-11(14)17)16(18,19)20/h3-8H,2H2,1H3,(H,21,23). The van der Waals surface area contributed by atoms with Gasteiger partial charge in [-0.25, -0.2) is 0 Å². The van der Waals surface area contributed by atoms with Crippen LogP contribution in [-0.4, -0.2) is 10.8 Å². The highest BCUT2D eigenvalue weighted by atomic mass is 35.5. The summed E-state index contributed by atoms with van der Waals surface area (Å²) >= 11 is 5.81. The van der Waals surface area contributed by atoms with Crippen LogP contribution in [0.25, 0.3) is 0 Å². The number of benzene rings is 2. The molecule has 0 saturated heterocycles. The van der Waals surface area contributed by atoms with Gasteiger partial charge in [0.2, 0.25) is 5.91 Å². The molecule has 2 rings (SSSR count). The molecule has 0 fully saturated rings. The quantitative estimate of drug-likeness (QED) is 0.548. The van der Waals surface area contributed by atoms with Gasteiger partial charge in [0, 0.05) is 18.6 Å². The first-order chi connectivity index (χ1) is 12.1. The van der Waals surface area contributed by atoms with E-state index in [1.807, 2.05) is 0 Å². The molecule has 2 aromatic carbocycles. The molecule has 0 atom stereocenters. The van der Waals surface area contributed by atoms with Crippen LogP contribution in [0.3, 0.4) is 0 Å². The van der Waals surface area contributed by atoms with Gasteiger partial charge < -0.3 is 10.1 Å². The maximum absolute atomic E-state index is 12.7. The Bertz CT molecular complexity index is 856. The second kappa shape index (κ2) is 7.61. The predicted molar refractivity (Wildman–Crippen MR) is 88.5 cm³/mol. The molecular formula is C16H12ClF3N2O4. The minimum absolute atomic E-state index is 0.0589. The second-order valence-electron chi connectivity index (χ2n) is 5.08. The van der Waals surface area contributed by atoms with Crippen LogP contribution in [0.4, 0.5) is 24.5 Å². The topological polar surface area (TPSA) is 81.5 Å². The monoisotopic (exact) mass is 388 g/mol. The van der Waals surface area contributed by atoms with Crippen LogP contribution in [0.5, 0.6) is 11.5 Å². The normalized spacial score (nSPS) is 11.1. The maximum atomic E-state index is 12.7. The Hall–Kier alpha value is -2.81. The second-order valence-corrected chi connectivity index (χ2v) is 5.49. The Balaban J connectivity index is 2.33. The average Bonchev–Trinajstić information content (AvgIpc) is 2.55. The van der Waals surface area contributed by atoms with E-state index >= 15 is 0 Å². The number of alkyl halides is 3. The lowest BCUT2D eigenvalue weighted by Crippen LogP contribution is -2.11. The summed E-state index contributed by atoms with van der Waals surface area (Å²) in [5.74, 6) is -0.456. The number of halogens is 4. The summed E-state index contributed by atoms with van der Waals surface area (Å²) in [4.78, 5) is 21.9. The molecule has 0 aliphatic carbocycles. The van der Waals surface area contributed by atoms with Gasteiger partial charge in [0.1, 0.15) is 17.2 Å². The van der Waals surface area contributed by atoms with Crippen LogP contribution in [0.15, 0.2) is 36.4 Å². The van der Waals surface area contributed by atoms with E-state index < -0.39 is 22.6 Å². The van der Waals surface area contributed by atoms with E-state index in [0.717, 1.165) is 18.2 Å². The number of nitro benzene ring substituents is 1. The van der Waals surface area contributed by atoms with Gasteiger partial charge in [-0.15, -0.1) is 0 Å². The molecule has 0 saturated carbocycles. The van der Waals surface area contributed by atoms with Gasteiger partial charge in [0.15, 0.2) is 0 Å². The number of anilines is 1. The number of hydrogen-bond acceptors (Lipinski definition) is 4. The fourth-order valence-electron chi connectivity index (χ4n) is 1.96. The predicted octanol–water partition coefficient (Wildman–Crippen LogP) is 5.41. The lowest BCUT2D eigenvalue weighted by Gasteiger charge is -2.12. The Kier molecular flexibility index (Phi) is 5.71. The van der Waals surface area contributed by atoms with Crippen molar-refractivity contribution in [3.63, 3.8) is 0 Å². The summed E-state index contributed by atoms with van der Waals surface area (Å²) in [6.07, 6.45) is -4.44. The number of carbonyl (C=O) groups is 1. The number of amides is 1. The molecule has 0 unspecified atom stereocenters. The summed E-state index contributed by atoms with van der Waals surface area (Å²) in [5, 5.41) is 13.1. The van der Waals surface area contributed by atoms with Gasteiger partial charge in [-0.3, -0.25) is 14.9 Å². The minimum Gasteiger partial charge on any atom is -0.456 e. The van der Waals surface area contributed by atoms with Gasteiger partial charge in [-0.2, -0.15) is 13.2 Å². The molecule has 138 valence electrons. The maximum Gasteiger partial charge on any atom is 0.416 e. The average molecular weight is 389 g/mol. The lowest BCUT2D eigenvalue weighted by molar-refractivity contribution is -0.383. The van der Waals surface area contributed by atoms with Crippen molar-refractivity contribution in [2.24, 2.45) is 0 Å². The molecule has 0 heterocycles. The van der Waals surface area contributed by atoms with Crippen molar-refractivity contribution in [1.82, 2.24) is 0 Å². The van der Waals surface area contributed by atoms with Crippen molar-refractivity contribution in [1.29, 1.82) is 0 Å². The Labute approximate surface area is 150 Å².